The summed E-state index contributed by atoms with van der Waals surface area (Å²) in [6.07, 6.45) is 0.575. The van der Waals surface area contributed by atoms with Gasteiger partial charge in [0.05, 0.1) is 22.9 Å². The van der Waals surface area contributed by atoms with Crippen molar-refractivity contribution >= 4 is 33.9 Å². The number of fused-ring (bicyclic) bond motifs is 1. The number of nitrogens with two attached hydrogens (primary N) is 1. The van der Waals surface area contributed by atoms with Gasteiger partial charge >= 0.3 is 0 Å². The van der Waals surface area contributed by atoms with Gasteiger partial charge in [-0.1, -0.05) is 67.2 Å². The molecule has 3 atom stereocenters. The summed E-state index contributed by atoms with van der Waals surface area (Å²) in [4.78, 5) is 28.3. The monoisotopic (exact) mass is 544 g/mol. The van der Waals surface area contributed by atoms with Crippen molar-refractivity contribution in [1.82, 2.24) is 14.9 Å². The molecule has 2 heterocycles. The van der Waals surface area contributed by atoms with Crippen LogP contribution in [0.2, 0.25) is 0 Å². The standard InChI is InChI=1S/C30H32N4O4S/c1-19(17-31)15-21-7-3-4-8-22(21)18-37-29(27-32-24-9-5-6-10-25(24)34(27)2)38-23-13-11-20(12-14-23)16-26-28(35)33-30(36)39-26/h3-14,19,26,29H,15-18,31H2,1-2H3,(H,33,35,36). The molecule has 0 saturated carbocycles. The Kier molecular flexibility index (Phi) is 8.30. The van der Waals surface area contributed by atoms with E-state index in [0.717, 1.165) is 40.3 Å². The highest BCUT2D eigenvalue weighted by atomic mass is 32.2. The average molecular weight is 545 g/mol. The molecular formula is C30H32N4O4S. The number of carbonyl (C=O) groups is 2. The topological polar surface area (TPSA) is 108 Å². The number of thioether (sulfide) groups is 1. The molecule has 0 radical (unpaired) electrons. The van der Waals surface area contributed by atoms with Crippen LogP contribution in [-0.4, -0.2) is 32.5 Å². The first-order chi connectivity index (χ1) is 18.9. The summed E-state index contributed by atoms with van der Waals surface area (Å²) >= 11 is 1.03. The van der Waals surface area contributed by atoms with E-state index in [2.05, 4.69) is 24.4 Å². The molecule has 0 bridgehead atoms. The first-order valence-electron chi connectivity index (χ1n) is 13.0. The van der Waals surface area contributed by atoms with Crippen LogP contribution in [0.25, 0.3) is 11.0 Å². The van der Waals surface area contributed by atoms with Crippen molar-refractivity contribution in [1.29, 1.82) is 0 Å². The number of imidazole rings is 1. The molecule has 1 aliphatic rings. The zero-order valence-electron chi connectivity index (χ0n) is 22.0. The number of imide groups is 1. The maximum atomic E-state index is 11.9. The smallest absolute Gasteiger partial charge is 0.286 e. The number of nitrogens with zero attached hydrogens (tertiary/aromatic N) is 2. The van der Waals surface area contributed by atoms with Crippen LogP contribution in [0.3, 0.4) is 0 Å². The summed E-state index contributed by atoms with van der Waals surface area (Å²) in [5, 5.41) is 1.62. The van der Waals surface area contributed by atoms with E-state index in [0.29, 0.717) is 37.1 Å². The van der Waals surface area contributed by atoms with Crippen molar-refractivity contribution in [2.75, 3.05) is 6.54 Å². The number of carbonyl (C=O) groups excluding carboxylic acids is 2. The molecule has 1 aromatic heterocycles. The highest BCUT2D eigenvalue weighted by Crippen LogP contribution is 2.29. The fraction of sp³-hybridized carbons (Fsp3) is 0.300. The first-order valence-corrected chi connectivity index (χ1v) is 13.9. The maximum absolute atomic E-state index is 11.9. The van der Waals surface area contributed by atoms with Crippen molar-refractivity contribution in [2.45, 2.75) is 37.9 Å². The summed E-state index contributed by atoms with van der Waals surface area (Å²) in [5.41, 5.74) is 11.0. The Morgan fingerprint density at radius 1 is 1.03 bits per heavy atom. The Hall–Kier alpha value is -3.66. The van der Waals surface area contributed by atoms with Crippen molar-refractivity contribution in [3.63, 3.8) is 0 Å². The predicted octanol–water partition coefficient (Wildman–Crippen LogP) is 4.90. The Labute approximate surface area is 231 Å². The van der Waals surface area contributed by atoms with Crippen molar-refractivity contribution in [2.24, 2.45) is 18.7 Å². The van der Waals surface area contributed by atoms with Gasteiger partial charge in [0.1, 0.15) is 5.75 Å². The molecule has 202 valence electrons. The molecule has 1 saturated heterocycles. The van der Waals surface area contributed by atoms with Crippen LogP contribution in [0.15, 0.2) is 72.8 Å². The minimum Gasteiger partial charge on any atom is -0.457 e. The Morgan fingerprint density at radius 2 is 1.74 bits per heavy atom. The van der Waals surface area contributed by atoms with Crippen LogP contribution in [0.4, 0.5) is 4.79 Å². The lowest BCUT2D eigenvalue weighted by Gasteiger charge is -2.21. The van der Waals surface area contributed by atoms with Gasteiger partial charge in [-0.25, -0.2) is 4.98 Å². The van der Waals surface area contributed by atoms with E-state index in [1.54, 1.807) is 0 Å². The van der Waals surface area contributed by atoms with Crippen LogP contribution in [-0.2, 0) is 36.0 Å². The molecular weight excluding hydrogens is 512 g/mol. The van der Waals surface area contributed by atoms with Crippen LogP contribution >= 0.6 is 11.8 Å². The maximum Gasteiger partial charge on any atom is 0.286 e. The molecule has 4 aromatic rings. The minimum absolute atomic E-state index is 0.248. The molecule has 39 heavy (non-hydrogen) atoms. The van der Waals surface area contributed by atoms with Crippen molar-refractivity contribution in [3.05, 3.63) is 95.3 Å². The number of ether oxygens (including phenoxy) is 2. The van der Waals surface area contributed by atoms with E-state index in [-0.39, 0.29) is 11.1 Å². The quantitative estimate of drug-likeness (QED) is 0.259. The number of hydrogen-bond acceptors (Lipinski definition) is 7. The van der Waals surface area contributed by atoms with E-state index in [1.807, 2.05) is 72.3 Å². The summed E-state index contributed by atoms with van der Waals surface area (Å²) in [6.45, 7) is 3.11. The second-order valence-corrected chi connectivity index (χ2v) is 11.0. The summed E-state index contributed by atoms with van der Waals surface area (Å²) < 4.78 is 14.8. The molecule has 2 amide bonds. The zero-order valence-corrected chi connectivity index (χ0v) is 22.8. The third-order valence-corrected chi connectivity index (χ3v) is 7.85. The van der Waals surface area contributed by atoms with Crippen LogP contribution < -0.4 is 15.8 Å². The summed E-state index contributed by atoms with van der Waals surface area (Å²) in [5.74, 6) is 1.39. The number of aryl methyl sites for hydroxylation is 1. The fourth-order valence-electron chi connectivity index (χ4n) is 4.63. The van der Waals surface area contributed by atoms with Gasteiger partial charge in [-0.3, -0.25) is 14.9 Å². The molecule has 5 rings (SSSR count). The van der Waals surface area contributed by atoms with E-state index in [9.17, 15) is 9.59 Å². The third kappa shape index (κ3) is 6.33. The number of aromatic nitrogens is 2. The first kappa shape index (κ1) is 26.9. The fourth-order valence-corrected chi connectivity index (χ4v) is 5.49. The number of rotatable bonds is 11. The van der Waals surface area contributed by atoms with Gasteiger partial charge in [0.2, 0.25) is 5.91 Å². The highest BCUT2D eigenvalue weighted by molar-refractivity contribution is 8.15. The number of benzene rings is 3. The molecule has 0 aliphatic carbocycles. The number of amides is 2. The molecule has 3 unspecified atom stereocenters. The van der Waals surface area contributed by atoms with E-state index in [4.69, 9.17) is 20.2 Å². The zero-order chi connectivity index (χ0) is 27.4. The van der Waals surface area contributed by atoms with Gasteiger partial charge in [-0.15, -0.1) is 0 Å². The van der Waals surface area contributed by atoms with Crippen molar-refractivity contribution < 1.29 is 19.1 Å². The SMILES string of the molecule is CC(CN)Cc1ccccc1COC(Oc1ccc(CC2SC(=O)NC2=O)cc1)c1nc2ccccc2n1C. The van der Waals surface area contributed by atoms with Gasteiger partial charge in [-0.05, 0) is 66.3 Å². The Balaban J connectivity index is 1.37. The lowest BCUT2D eigenvalue weighted by molar-refractivity contribution is -0.118. The van der Waals surface area contributed by atoms with Crippen LogP contribution in [0.5, 0.6) is 5.75 Å². The Morgan fingerprint density at radius 3 is 2.44 bits per heavy atom. The molecule has 0 spiro atoms. The molecule has 3 aromatic carbocycles. The molecule has 9 heteroatoms. The molecule has 1 fully saturated rings. The van der Waals surface area contributed by atoms with E-state index >= 15 is 0 Å². The van der Waals surface area contributed by atoms with Gasteiger partial charge < -0.3 is 19.8 Å². The van der Waals surface area contributed by atoms with E-state index < -0.39 is 11.5 Å². The largest absolute Gasteiger partial charge is 0.457 e. The minimum atomic E-state index is -0.762. The third-order valence-electron chi connectivity index (χ3n) is 6.87. The van der Waals surface area contributed by atoms with Gasteiger partial charge in [0.25, 0.3) is 11.5 Å². The molecule has 3 N–H and O–H groups in total. The van der Waals surface area contributed by atoms with Gasteiger partial charge in [0.15, 0.2) is 5.82 Å². The predicted molar refractivity (Wildman–Crippen MR) is 152 cm³/mol. The number of hydrogen-bond donors (Lipinski definition) is 2. The average Bonchev–Trinajstić information content (AvgIpc) is 3.45. The van der Waals surface area contributed by atoms with Gasteiger partial charge in [-0.2, -0.15) is 0 Å². The van der Waals surface area contributed by atoms with E-state index in [1.165, 1.54) is 5.56 Å². The Bertz CT molecular complexity index is 1470. The summed E-state index contributed by atoms with van der Waals surface area (Å²) in [6, 6.07) is 23.7. The highest BCUT2D eigenvalue weighted by Gasteiger charge is 2.31. The van der Waals surface area contributed by atoms with Crippen LogP contribution in [0, 0.1) is 5.92 Å². The number of nitrogens with one attached hydrogen (secondary N) is 1. The lowest BCUT2D eigenvalue weighted by Crippen LogP contribution is -2.25. The number of para-hydroxylation sites is 2. The lowest BCUT2D eigenvalue weighted by atomic mass is 9.97. The van der Waals surface area contributed by atoms with Crippen LogP contribution in [0.1, 0.15) is 35.7 Å². The van der Waals surface area contributed by atoms with Crippen molar-refractivity contribution in [3.8, 4) is 5.75 Å². The summed E-state index contributed by atoms with van der Waals surface area (Å²) in [7, 11) is 1.95. The second-order valence-electron chi connectivity index (χ2n) is 9.82. The molecule has 8 nitrogen and oxygen atoms in total. The van der Waals surface area contributed by atoms with Gasteiger partial charge in [0, 0.05) is 7.05 Å². The second kappa shape index (κ2) is 12.0. The molecule has 1 aliphatic heterocycles. The normalized spacial score (nSPS) is 16.8.